The highest BCUT2D eigenvalue weighted by Gasteiger charge is 1.88. The van der Waals surface area contributed by atoms with Gasteiger partial charge in [-0.25, -0.2) is 0 Å². The molecule has 0 aliphatic rings. The van der Waals surface area contributed by atoms with Gasteiger partial charge in [0, 0.05) is 11.0 Å². The molecule has 2 aromatic carbocycles. The number of hydrogen-bond acceptors (Lipinski definition) is 1. The van der Waals surface area contributed by atoms with E-state index in [0.29, 0.717) is 5.75 Å². The number of rotatable bonds is 3. The Hall–Kier alpha value is -2.33. The molecule has 0 heterocycles. The lowest BCUT2D eigenvalue weighted by Gasteiger charge is -1.88. The van der Waals surface area contributed by atoms with Crippen LogP contribution in [0.1, 0.15) is 11.1 Å². The van der Waals surface area contributed by atoms with Crippen molar-refractivity contribution in [2.75, 3.05) is 5.75 Å². The van der Waals surface area contributed by atoms with E-state index in [2.05, 4.69) is 17.6 Å². The lowest BCUT2D eigenvalue weighted by atomic mass is 10.2. The summed E-state index contributed by atoms with van der Waals surface area (Å²) in [5.74, 6) is 6.22. The molecule has 0 saturated heterocycles. The van der Waals surface area contributed by atoms with Crippen LogP contribution in [-0.2, 0) is 10.8 Å². The van der Waals surface area contributed by atoms with Crippen molar-refractivity contribution in [3.8, 4) is 11.8 Å². The van der Waals surface area contributed by atoms with E-state index < -0.39 is 10.8 Å². The Balaban J connectivity index is 1.90. The highest BCUT2D eigenvalue weighted by molar-refractivity contribution is 7.88. The second-order valence-corrected chi connectivity index (χ2v) is 5.32. The van der Waals surface area contributed by atoms with Crippen LogP contribution in [0.3, 0.4) is 0 Å². The number of benzene rings is 2. The summed E-state index contributed by atoms with van der Waals surface area (Å²) >= 11 is 0. The number of hydrogen-bond donors (Lipinski definition) is 0. The summed E-state index contributed by atoms with van der Waals surface area (Å²) in [6.45, 7) is 0. The maximum Gasteiger partial charge on any atom is 0.0897 e. The zero-order valence-electron chi connectivity index (χ0n) is 11.0. The van der Waals surface area contributed by atoms with Gasteiger partial charge in [-0.2, -0.15) is 0 Å². The Kier molecular flexibility index (Phi) is 5.61. The fourth-order valence-corrected chi connectivity index (χ4v) is 2.05. The zero-order valence-corrected chi connectivity index (χ0v) is 11.8. The minimum atomic E-state index is -1.11. The zero-order chi connectivity index (χ0) is 14.0. The summed E-state index contributed by atoms with van der Waals surface area (Å²) in [6, 6.07) is 19.5. The summed E-state index contributed by atoms with van der Waals surface area (Å²) in [5, 5.41) is 1.55. The van der Waals surface area contributed by atoms with E-state index in [-0.39, 0.29) is 0 Å². The molecule has 0 aliphatic heterocycles. The largest absolute Gasteiger partial charge is 0.253 e. The average molecular weight is 278 g/mol. The van der Waals surface area contributed by atoms with E-state index in [1.54, 1.807) is 5.41 Å². The van der Waals surface area contributed by atoms with Crippen LogP contribution >= 0.6 is 0 Å². The third kappa shape index (κ3) is 5.12. The van der Waals surface area contributed by atoms with E-state index in [4.69, 9.17) is 0 Å². The molecule has 0 N–H and O–H groups in total. The summed E-state index contributed by atoms with van der Waals surface area (Å²) in [6.07, 6.45) is 1.81. The van der Waals surface area contributed by atoms with Gasteiger partial charge in [0.1, 0.15) is 0 Å². The van der Waals surface area contributed by atoms with Crippen molar-refractivity contribution in [3.05, 3.63) is 82.9 Å². The van der Waals surface area contributed by atoms with Crippen molar-refractivity contribution >= 4 is 16.9 Å². The first-order valence-corrected chi connectivity index (χ1v) is 7.61. The van der Waals surface area contributed by atoms with E-state index in [1.165, 1.54) is 0 Å². The van der Waals surface area contributed by atoms with Gasteiger partial charge in [-0.1, -0.05) is 60.4 Å². The monoisotopic (exact) mass is 278 g/mol. The van der Waals surface area contributed by atoms with E-state index >= 15 is 0 Å². The Morgan fingerprint density at radius 2 is 1.60 bits per heavy atom. The van der Waals surface area contributed by atoms with Crippen molar-refractivity contribution in [1.82, 2.24) is 0 Å². The van der Waals surface area contributed by atoms with Crippen LogP contribution in [-0.4, -0.2) is 9.96 Å². The molecule has 0 saturated carbocycles. The minimum absolute atomic E-state index is 0.324. The average Bonchev–Trinajstić information content (AvgIpc) is 2.49. The Morgan fingerprint density at radius 1 is 0.950 bits per heavy atom. The first-order chi connectivity index (χ1) is 9.84. The van der Waals surface area contributed by atoms with Crippen molar-refractivity contribution in [2.45, 2.75) is 0 Å². The molecule has 2 aromatic rings. The molecule has 0 spiro atoms. The molecular weight excluding hydrogens is 264 g/mol. The summed E-state index contributed by atoms with van der Waals surface area (Å²) in [5.41, 5.74) is 4.91. The highest BCUT2D eigenvalue weighted by Crippen LogP contribution is 1.99. The van der Waals surface area contributed by atoms with E-state index in [1.807, 2.05) is 66.7 Å². The smallest absolute Gasteiger partial charge is 0.0897 e. The predicted octanol–water partition coefficient (Wildman–Crippen LogP) is 3.61. The molecule has 0 aromatic heterocycles. The molecule has 1 atom stereocenters. The first-order valence-electron chi connectivity index (χ1n) is 6.23. The molecule has 2 heteroatoms. The van der Waals surface area contributed by atoms with Gasteiger partial charge in [0.2, 0.25) is 0 Å². The fraction of sp³-hybridized carbons (Fsp3) is 0.0556. The van der Waals surface area contributed by atoms with E-state index in [9.17, 15) is 4.21 Å². The van der Waals surface area contributed by atoms with Gasteiger partial charge in [0.05, 0.1) is 16.6 Å². The Bertz CT molecular complexity index is 684. The van der Waals surface area contributed by atoms with Gasteiger partial charge in [0.15, 0.2) is 0 Å². The topological polar surface area (TPSA) is 17.1 Å². The third-order valence-corrected chi connectivity index (χ3v) is 3.30. The molecule has 20 heavy (non-hydrogen) atoms. The maximum absolute atomic E-state index is 11.7. The van der Waals surface area contributed by atoms with Gasteiger partial charge in [-0.3, -0.25) is 4.21 Å². The second-order valence-electron chi connectivity index (χ2n) is 4.03. The van der Waals surface area contributed by atoms with Crippen LogP contribution in [0.4, 0.5) is 0 Å². The van der Waals surface area contributed by atoms with Crippen molar-refractivity contribution in [3.63, 3.8) is 0 Å². The van der Waals surface area contributed by atoms with Gasteiger partial charge in [-0.15, -0.1) is 5.73 Å². The molecule has 0 bridgehead atoms. The van der Waals surface area contributed by atoms with Crippen LogP contribution in [0.5, 0.6) is 0 Å². The van der Waals surface area contributed by atoms with Crippen LogP contribution in [0.25, 0.3) is 6.08 Å². The minimum Gasteiger partial charge on any atom is -0.253 e. The van der Waals surface area contributed by atoms with Crippen LogP contribution in [0, 0.1) is 11.8 Å². The Labute approximate surface area is 122 Å². The standard InChI is InChI=1S/C18H14OS/c19-20(15-7-13-17-9-3-1-4-10-17)16-8-14-18-11-5-2-6-12-18/h1-6,9-13,15H,16H2. The fourth-order valence-electron chi connectivity index (χ4n) is 1.53. The highest BCUT2D eigenvalue weighted by atomic mass is 32.2. The predicted molar refractivity (Wildman–Crippen MR) is 85.3 cm³/mol. The first kappa shape index (κ1) is 14.1. The molecule has 0 fully saturated rings. The molecule has 1 nitrogen and oxygen atoms in total. The summed E-state index contributed by atoms with van der Waals surface area (Å²) in [4.78, 5) is 0. The molecule has 0 amide bonds. The molecule has 0 aliphatic carbocycles. The van der Waals surface area contributed by atoms with Crippen molar-refractivity contribution < 1.29 is 4.21 Å². The summed E-state index contributed by atoms with van der Waals surface area (Å²) in [7, 11) is -1.11. The van der Waals surface area contributed by atoms with Crippen molar-refractivity contribution in [2.24, 2.45) is 0 Å². The lowest BCUT2D eigenvalue weighted by molar-refractivity contribution is 0.690. The quantitative estimate of drug-likeness (QED) is 0.619. The molecule has 98 valence electrons. The summed E-state index contributed by atoms with van der Waals surface area (Å²) < 4.78 is 11.7. The van der Waals surface area contributed by atoms with E-state index in [0.717, 1.165) is 11.1 Å². The molecule has 1 unspecified atom stereocenters. The molecule has 2 rings (SSSR count). The maximum atomic E-state index is 11.7. The van der Waals surface area contributed by atoms with Crippen LogP contribution in [0.2, 0.25) is 0 Å². The molecular formula is C18H14OS. The SMILES string of the molecule is O=S(C=C=Cc1ccccc1)CC#Cc1ccccc1. The second kappa shape index (κ2) is 7.96. The van der Waals surface area contributed by atoms with Gasteiger partial charge < -0.3 is 0 Å². The lowest BCUT2D eigenvalue weighted by Crippen LogP contribution is -1.88. The van der Waals surface area contributed by atoms with Crippen LogP contribution < -0.4 is 0 Å². The normalized spacial score (nSPS) is 10.6. The van der Waals surface area contributed by atoms with Gasteiger partial charge in [0.25, 0.3) is 0 Å². The van der Waals surface area contributed by atoms with Crippen molar-refractivity contribution in [1.29, 1.82) is 0 Å². The Morgan fingerprint density at radius 3 is 2.30 bits per heavy atom. The molecule has 0 radical (unpaired) electrons. The third-order valence-electron chi connectivity index (χ3n) is 2.47. The van der Waals surface area contributed by atoms with Gasteiger partial charge in [-0.05, 0) is 23.8 Å². The van der Waals surface area contributed by atoms with Crippen LogP contribution in [0.15, 0.2) is 71.8 Å². The van der Waals surface area contributed by atoms with Gasteiger partial charge >= 0.3 is 0 Å².